The normalized spacial score (nSPS) is 13.2. The van der Waals surface area contributed by atoms with Gasteiger partial charge in [-0.2, -0.15) is 0 Å². The van der Waals surface area contributed by atoms with Gasteiger partial charge in [0.15, 0.2) is 0 Å². The van der Waals surface area contributed by atoms with Gasteiger partial charge in [-0.05, 0) is 13.3 Å². The molecule has 1 atom stereocenters. The monoisotopic (exact) mass is 251 g/mol. The lowest BCUT2D eigenvalue weighted by Crippen LogP contribution is -2.52. The molecule has 0 saturated carbocycles. The molecule has 5 nitrogen and oxygen atoms in total. The third-order valence-electron chi connectivity index (χ3n) is 2.07. The zero-order valence-corrected chi connectivity index (χ0v) is 10.9. The molecule has 0 rings (SSSR count). The minimum atomic E-state index is -0.815. The summed E-state index contributed by atoms with van der Waals surface area (Å²) < 4.78 is 0. The van der Waals surface area contributed by atoms with Crippen molar-refractivity contribution >= 4 is 24.2 Å². The van der Waals surface area contributed by atoms with Crippen LogP contribution in [0.2, 0.25) is 0 Å². The number of nitrogens with one attached hydrogen (secondary N) is 2. The molecule has 1 unspecified atom stereocenters. The molecule has 0 spiro atoms. The smallest absolute Gasteiger partial charge is 0.239 e. The largest absolute Gasteiger partial charge is 0.355 e. The molecule has 4 N–H and O–H groups in total. The number of nitrogens with two attached hydrogens (primary N) is 1. The maximum atomic E-state index is 11.6. The molecule has 0 aliphatic rings. The Balaban J connectivity index is 0. The Hall–Kier alpha value is -0.810. The molecule has 96 valence electrons. The summed E-state index contributed by atoms with van der Waals surface area (Å²) in [6, 6.07) is 0. The molecule has 6 heteroatoms. The lowest BCUT2D eigenvalue weighted by atomic mass is 9.97. The molecular weight excluding hydrogens is 230 g/mol. The van der Waals surface area contributed by atoms with Crippen molar-refractivity contribution in [2.45, 2.75) is 39.2 Å². The fraction of sp³-hybridized carbons (Fsp3) is 0.800. The molecule has 0 aromatic carbocycles. The van der Waals surface area contributed by atoms with Crippen LogP contribution in [0.4, 0.5) is 0 Å². The van der Waals surface area contributed by atoms with Gasteiger partial charge in [0.05, 0.1) is 5.54 Å². The summed E-state index contributed by atoms with van der Waals surface area (Å²) in [5, 5.41) is 5.27. The average Bonchev–Trinajstić information content (AvgIpc) is 2.11. The van der Waals surface area contributed by atoms with Gasteiger partial charge < -0.3 is 16.4 Å². The van der Waals surface area contributed by atoms with Crippen LogP contribution in [0.5, 0.6) is 0 Å². The van der Waals surface area contributed by atoms with Crippen molar-refractivity contribution in [1.29, 1.82) is 0 Å². The maximum absolute atomic E-state index is 11.6. The van der Waals surface area contributed by atoms with Gasteiger partial charge in [0.25, 0.3) is 0 Å². The first kappa shape index (κ1) is 17.6. The summed E-state index contributed by atoms with van der Waals surface area (Å²) in [6.45, 7) is 5.98. The van der Waals surface area contributed by atoms with Gasteiger partial charge in [0.2, 0.25) is 11.8 Å². The van der Waals surface area contributed by atoms with Gasteiger partial charge in [-0.25, -0.2) is 0 Å². The molecular formula is C10H22ClN3O2. The standard InChI is InChI=1S/C10H21N3O2.ClH/c1-4-5-10(3,11)9(15)13-7-6-12-8(2)14;/h4-7,11H2,1-3H3,(H,12,14)(H,13,15);1H. The van der Waals surface area contributed by atoms with Crippen molar-refractivity contribution in [3.8, 4) is 0 Å². The van der Waals surface area contributed by atoms with E-state index in [2.05, 4.69) is 10.6 Å². The highest BCUT2D eigenvalue weighted by atomic mass is 35.5. The van der Waals surface area contributed by atoms with Crippen molar-refractivity contribution in [2.75, 3.05) is 13.1 Å². The summed E-state index contributed by atoms with van der Waals surface area (Å²) in [6.07, 6.45) is 1.52. The van der Waals surface area contributed by atoms with Gasteiger partial charge in [-0.3, -0.25) is 9.59 Å². The first-order chi connectivity index (χ1) is 6.90. The highest BCUT2D eigenvalue weighted by Gasteiger charge is 2.26. The number of rotatable bonds is 6. The van der Waals surface area contributed by atoms with Crippen LogP contribution in [0.15, 0.2) is 0 Å². The highest BCUT2D eigenvalue weighted by Crippen LogP contribution is 2.07. The quantitative estimate of drug-likeness (QED) is 0.589. The molecule has 0 heterocycles. The molecule has 0 radical (unpaired) electrons. The highest BCUT2D eigenvalue weighted by molar-refractivity contribution is 5.85. The SMILES string of the molecule is CCCC(C)(N)C(=O)NCCNC(C)=O.Cl. The Morgan fingerprint density at radius 3 is 2.19 bits per heavy atom. The Morgan fingerprint density at radius 1 is 1.25 bits per heavy atom. The molecule has 0 fully saturated rings. The zero-order valence-electron chi connectivity index (χ0n) is 10.1. The third kappa shape index (κ3) is 7.48. The number of carbonyl (C=O) groups excluding carboxylic acids is 2. The lowest BCUT2D eigenvalue weighted by Gasteiger charge is -2.22. The van der Waals surface area contributed by atoms with E-state index in [-0.39, 0.29) is 24.2 Å². The Morgan fingerprint density at radius 2 is 1.75 bits per heavy atom. The van der Waals surface area contributed by atoms with Crippen LogP contribution >= 0.6 is 12.4 Å². The number of amides is 2. The van der Waals surface area contributed by atoms with Crippen LogP contribution in [0.25, 0.3) is 0 Å². The summed E-state index contributed by atoms with van der Waals surface area (Å²) in [5.41, 5.74) is 5.00. The second-order valence-electron chi connectivity index (χ2n) is 3.91. The molecule has 0 aromatic heterocycles. The fourth-order valence-corrected chi connectivity index (χ4v) is 1.25. The Kier molecular flexibility index (Phi) is 9.18. The summed E-state index contributed by atoms with van der Waals surface area (Å²) >= 11 is 0. The second-order valence-corrected chi connectivity index (χ2v) is 3.91. The third-order valence-corrected chi connectivity index (χ3v) is 2.07. The van der Waals surface area contributed by atoms with Gasteiger partial charge in [-0.15, -0.1) is 12.4 Å². The first-order valence-corrected chi connectivity index (χ1v) is 5.21. The van der Waals surface area contributed by atoms with Crippen molar-refractivity contribution in [3.63, 3.8) is 0 Å². The summed E-state index contributed by atoms with van der Waals surface area (Å²) in [5.74, 6) is -0.275. The molecule has 0 saturated heterocycles. The van der Waals surface area contributed by atoms with Crippen molar-refractivity contribution in [3.05, 3.63) is 0 Å². The second kappa shape index (κ2) is 8.35. The molecule has 2 amide bonds. The van der Waals surface area contributed by atoms with E-state index in [1.807, 2.05) is 6.92 Å². The van der Waals surface area contributed by atoms with Crippen LogP contribution in [0.1, 0.15) is 33.6 Å². The van der Waals surface area contributed by atoms with E-state index >= 15 is 0 Å². The lowest BCUT2D eigenvalue weighted by molar-refractivity contribution is -0.126. The van der Waals surface area contributed by atoms with Crippen LogP contribution in [0, 0.1) is 0 Å². The maximum Gasteiger partial charge on any atom is 0.239 e. The van der Waals surface area contributed by atoms with Gasteiger partial charge in [0.1, 0.15) is 0 Å². The average molecular weight is 252 g/mol. The van der Waals surface area contributed by atoms with E-state index in [1.165, 1.54) is 6.92 Å². The number of hydrogen-bond acceptors (Lipinski definition) is 3. The first-order valence-electron chi connectivity index (χ1n) is 5.21. The fourth-order valence-electron chi connectivity index (χ4n) is 1.25. The minimum absolute atomic E-state index is 0. The molecule has 0 aliphatic heterocycles. The van der Waals surface area contributed by atoms with Gasteiger partial charge >= 0.3 is 0 Å². The molecule has 0 bridgehead atoms. The Bertz CT molecular complexity index is 232. The van der Waals surface area contributed by atoms with Crippen LogP contribution in [-0.4, -0.2) is 30.4 Å². The van der Waals surface area contributed by atoms with Gasteiger partial charge in [-0.1, -0.05) is 13.3 Å². The van der Waals surface area contributed by atoms with E-state index < -0.39 is 5.54 Å². The summed E-state index contributed by atoms with van der Waals surface area (Å²) in [7, 11) is 0. The van der Waals surface area contributed by atoms with E-state index in [9.17, 15) is 9.59 Å². The minimum Gasteiger partial charge on any atom is -0.355 e. The number of halogens is 1. The molecule has 0 aliphatic carbocycles. The predicted molar refractivity (Wildman–Crippen MR) is 66.4 cm³/mol. The van der Waals surface area contributed by atoms with E-state index in [0.717, 1.165) is 6.42 Å². The van der Waals surface area contributed by atoms with E-state index in [0.29, 0.717) is 19.5 Å². The predicted octanol–water partition coefficient (Wildman–Crippen LogP) is 0.178. The number of carbonyl (C=O) groups is 2. The van der Waals surface area contributed by atoms with Crippen molar-refractivity contribution in [2.24, 2.45) is 5.73 Å². The van der Waals surface area contributed by atoms with Crippen molar-refractivity contribution in [1.82, 2.24) is 10.6 Å². The van der Waals surface area contributed by atoms with E-state index in [4.69, 9.17) is 5.73 Å². The summed E-state index contributed by atoms with van der Waals surface area (Å²) in [4.78, 5) is 22.1. The zero-order chi connectivity index (χ0) is 11.9. The van der Waals surface area contributed by atoms with Crippen molar-refractivity contribution < 1.29 is 9.59 Å². The van der Waals surface area contributed by atoms with E-state index in [1.54, 1.807) is 6.92 Å². The van der Waals surface area contributed by atoms with Gasteiger partial charge in [0, 0.05) is 20.0 Å². The molecule has 16 heavy (non-hydrogen) atoms. The van der Waals surface area contributed by atoms with Crippen LogP contribution in [0.3, 0.4) is 0 Å². The van der Waals surface area contributed by atoms with Crippen LogP contribution < -0.4 is 16.4 Å². The van der Waals surface area contributed by atoms with Crippen LogP contribution in [-0.2, 0) is 9.59 Å². The molecule has 0 aromatic rings. The number of hydrogen-bond donors (Lipinski definition) is 3. The topological polar surface area (TPSA) is 84.2 Å². The Labute approximate surface area is 103 Å².